The van der Waals surface area contributed by atoms with Crippen LogP contribution < -0.4 is 4.74 Å². The average Bonchev–Trinajstić information content (AvgIpc) is 2.61. The Morgan fingerprint density at radius 2 is 1.79 bits per heavy atom. The van der Waals surface area contributed by atoms with Gasteiger partial charge in [0.2, 0.25) is 0 Å². The van der Waals surface area contributed by atoms with Crippen molar-refractivity contribution in [2.45, 2.75) is 6.10 Å². The zero-order chi connectivity index (χ0) is 17.4. The van der Waals surface area contributed by atoms with Gasteiger partial charge in [-0.05, 0) is 24.3 Å². The summed E-state index contributed by atoms with van der Waals surface area (Å²) in [4.78, 5) is 15.8. The molecule has 7 heteroatoms. The van der Waals surface area contributed by atoms with Crippen molar-refractivity contribution < 1.29 is 24.5 Å². The van der Waals surface area contributed by atoms with E-state index < -0.39 is 6.10 Å². The molecule has 134 valence electrons. The minimum absolute atomic E-state index is 0.186. The molecular weight excluding hydrogens is 312 g/mol. The Bertz CT molecular complexity index is 500. The molecule has 1 heterocycles. The summed E-state index contributed by atoms with van der Waals surface area (Å²) in [6.07, 6.45) is -0.574. The van der Waals surface area contributed by atoms with Crippen LogP contribution in [0.3, 0.4) is 0 Å². The van der Waals surface area contributed by atoms with Crippen molar-refractivity contribution in [2.75, 3.05) is 59.6 Å². The second-order valence-corrected chi connectivity index (χ2v) is 5.85. The first kappa shape index (κ1) is 18.7. The van der Waals surface area contributed by atoms with Gasteiger partial charge in [0.15, 0.2) is 0 Å². The van der Waals surface area contributed by atoms with Crippen LogP contribution in [0, 0.1) is 0 Å². The smallest absolute Gasteiger partial charge is 0.337 e. The number of rotatable bonds is 8. The molecular formula is C17H26N2O5. The highest BCUT2D eigenvalue weighted by Crippen LogP contribution is 2.13. The normalized spacial score (nSPS) is 17.5. The number of β-amino-alcohol motifs (C(OH)–C–C–N with tert-alkyl or cyclic N) is 2. The first-order chi connectivity index (χ1) is 11.6. The molecule has 0 bridgehead atoms. The van der Waals surface area contributed by atoms with Gasteiger partial charge in [-0.2, -0.15) is 0 Å². The van der Waals surface area contributed by atoms with Crippen molar-refractivity contribution in [1.29, 1.82) is 0 Å². The van der Waals surface area contributed by atoms with Gasteiger partial charge >= 0.3 is 5.97 Å². The predicted octanol–water partition coefficient (Wildman–Crippen LogP) is -0.177. The van der Waals surface area contributed by atoms with Crippen LogP contribution in [0.25, 0.3) is 0 Å². The van der Waals surface area contributed by atoms with Gasteiger partial charge in [0, 0.05) is 39.3 Å². The molecule has 1 unspecified atom stereocenters. The van der Waals surface area contributed by atoms with Crippen LogP contribution in [-0.4, -0.2) is 91.7 Å². The number of hydrogen-bond acceptors (Lipinski definition) is 7. The summed E-state index contributed by atoms with van der Waals surface area (Å²) < 4.78 is 10.2. The molecule has 1 aliphatic heterocycles. The highest BCUT2D eigenvalue weighted by molar-refractivity contribution is 5.89. The van der Waals surface area contributed by atoms with Crippen molar-refractivity contribution in [1.82, 2.24) is 9.80 Å². The molecule has 7 nitrogen and oxygen atoms in total. The van der Waals surface area contributed by atoms with E-state index in [1.54, 1.807) is 24.3 Å². The Kier molecular flexibility index (Phi) is 7.45. The number of piperazine rings is 1. The Labute approximate surface area is 142 Å². The van der Waals surface area contributed by atoms with E-state index in [0.717, 1.165) is 26.2 Å². The van der Waals surface area contributed by atoms with Gasteiger partial charge in [0.25, 0.3) is 0 Å². The van der Waals surface area contributed by atoms with E-state index in [1.165, 1.54) is 7.11 Å². The van der Waals surface area contributed by atoms with Crippen LogP contribution in [0.5, 0.6) is 5.75 Å². The maximum atomic E-state index is 11.4. The van der Waals surface area contributed by atoms with Gasteiger partial charge in [0.05, 0.1) is 19.3 Å². The van der Waals surface area contributed by atoms with Crippen LogP contribution in [0.2, 0.25) is 0 Å². The van der Waals surface area contributed by atoms with Crippen molar-refractivity contribution in [3.8, 4) is 5.75 Å². The summed E-state index contributed by atoms with van der Waals surface area (Å²) in [6, 6.07) is 6.64. The van der Waals surface area contributed by atoms with E-state index in [9.17, 15) is 9.90 Å². The van der Waals surface area contributed by atoms with Gasteiger partial charge in [0.1, 0.15) is 18.5 Å². The molecule has 0 aliphatic carbocycles. The zero-order valence-electron chi connectivity index (χ0n) is 14.1. The molecule has 1 aromatic rings. The highest BCUT2D eigenvalue weighted by atomic mass is 16.5. The van der Waals surface area contributed by atoms with E-state index in [-0.39, 0.29) is 19.2 Å². The summed E-state index contributed by atoms with van der Waals surface area (Å²) in [5, 5.41) is 19.1. The van der Waals surface area contributed by atoms with Crippen molar-refractivity contribution in [3.63, 3.8) is 0 Å². The maximum absolute atomic E-state index is 11.4. The molecule has 0 aromatic heterocycles. The summed E-state index contributed by atoms with van der Waals surface area (Å²) in [5.41, 5.74) is 0.464. The number of ether oxygens (including phenoxy) is 2. The molecule has 0 saturated carbocycles. The summed E-state index contributed by atoms with van der Waals surface area (Å²) in [7, 11) is 1.34. The third kappa shape index (κ3) is 5.76. The van der Waals surface area contributed by atoms with Crippen molar-refractivity contribution in [3.05, 3.63) is 29.8 Å². The highest BCUT2D eigenvalue weighted by Gasteiger charge is 2.19. The molecule has 1 fully saturated rings. The van der Waals surface area contributed by atoms with Crippen LogP contribution >= 0.6 is 0 Å². The number of benzene rings is 1. The third-order valence-electron chi connectivity index (χ3n) is 4.07. The molecule has 1 atom stereocenters. The summed E-state index contributed by atoms with van der Waals surface area (Å²) >= 11 is 0. The lowest BCUT2D eigenvalue weighted by atomic mass is 10.2. The molecule has 0 spiro atoms. The molecule has 2 rings (SSSR count). The number of carbonyl (C=O) groups excluding carboxylic acids is 1. The number of hydrogen-bond donors (Lipinski definition) is 2. The molecule has 0 amide bonds. The SMILES string of the molecule is COC(=O)c1ccc(OCC(O)CN2CCN(CCO)CC2)cc1. The Hall–Kier alpha value is -1.67. The average molecular weight is 338 g/mol. The first-order valence-electron chi connectivity index (χ1n) is 8.17. The van der Waals surface area contributed by atoms with Gasteiger partial charge < -0.3 is 19.7 Å². The van der Waals surface area contributed by atoms with Gasteiger partial charge in [-0.3, -0.25) is 9.80 Å². The van der Waals surface area contributed by atoms with Crippen LogP contribution in [0.15, 0.2) is 24.3 Å². The molecule has 1 aromatic carbocycles. The van der Waals surface area contributed by atoms with E-state index in [4.69, 9.17) is 9.84 Å². The fourth-order valence-electron chi connectivity index (χ4n) is 2.69. The number of aliphatic hydroxyl groups excluding tert-OH is 2. The van der Waals surface area contributed by atoms with Crippen LogP contribution in [-0.2, 0) is 4.74 Å². The number of esters is 1. The van der Waals surface area contributed by atoms with Gasteiger partial charge in [-0.1, -0.05) is 0 Å². The molecule has 2 N–H and O–H groups in total. The summed E-state index contributed by atoms with van der Waals surface area (Å²) in [6.45, 7) is 5.23. The fourth-order valence-corrected chi connectivity index (χ4v) is 2.69. The minimum atomic E-state index is -0.574. The van der Waals surface area contributed by atoms with Crippen LogP contribution in [0.4, 0.5) is 0 Å². The zero-order valence-corrected chi connectivity index (χ0v) is 14.1. The standard InChI is InChI=1S/C17H26N2O5/c1-23-17(22)14-2-4-16(5-3-14)24-13-15(21)12-19-8-6-18(7-9-19)10-11-20/h2-5,15,20-21H,6-13H2,1H3. The lowest BCUT2D eigenvalue weighted by Gasteiger charge is -2.35. The second-order valence-electron chi connectivity index (χ2n) is 5.85. The number of aliphatic hydroxyl groups is 2. The lowest BCUT2D eigenvalue weighted by Crippen LogP contribution is -2.49. The fraction of sp³-hybridized carbons (Fsp3) is 0.588. The van der Waals surface area contributed by atoms with E-state index >= 15 is 0 Å². The monoisotopic (exact) mass is 338 g/mol. The largest absolute Gasteiger partial charge is 0.491 e. The lowest BCUT2D eigenvalue weighted by molar-refractivity contribution is 0.0428. The van der Waals surface area contributed by atoms with Crippen molar-refractivity contribution in [2.24, 2.45) is 0 Å². The molecule has 0 radical (unpaired) electrons. The molecule has 24 heavy (non-hydrogen) atoms. The van der Waals surface area contributed by atoms with Gasteiger partial charge in [-0.15, -0.1) is 0 Å². The molecule has 1 saturated heterocycles. The Morgan fingerprint density at radius 3 is 2.38 bits per heavy atom. The third-order valence-corrected chi connectivity index (χ3v) is 4.07. The molecule has 1 aliphatic rings. The Balaban J connectivity index is 1.69. The minimum Gasteiger partial charge on any atom is -0.491 e. The number of nitrogens with zero attached hydrogens (tertiary/aromatic N) is 2. The Morgan fingerprint density at radius 1 is 1.17 bits per heavy atom. The van der Waals surface area contributed by atoms with E-state index in [0.29, 0.717) is 24.4 Å². The van der Waals surface area contributed by atoms with Crippen LogP contribution in [0.1, 0.15) is 10.4 Å². The first-order valence-corrected chi connectivity index (χ1v) is 8.17. The topological polar surface area (TPSA) is 82.5 Å². The number of carbonyl (C=O) groups is 1. The quantitative estimate of drug-likeness (QED) is 0.637. The van der Waals surface area contributed by atoms with E-state index in [2.05, 4.69) is 14.5 Å². The second kappa shape index (κ2) is 9.58. The predicted molar refractivity (Wildman–Crippen MR) is 89.2 cm³/mol. The maximum Gasteiger partial charge on any atom is 0.337 e. The van der Waals surface area contributed by atoms with Gasteiger partial charge in [-0.25, -0.2) is 4.79 Å². The number of methoxy groups -OCH3 is 1. The van der Waals surface area contributed by atoms with Crippen molar-refractivity contribution >= 4 is 5.97 Å². The van der Waals surface area contributed by atoms with E-state index in [1.807, 2.05) is 0 Å². The summed E-state index contributed by atoms with van der Waals surface area (Å²) in [5.74, 6) is 0.219.